The largest absolute Gasteiger partial charge is 0.337 e. The predicted octanol–water partition coefficient (Wildman–Crippen LogP) is 2.75. The number of fused-ring (bicyclic) bond motifs is 1. The van der Waals surface area contributed by atoms with E-state index in [4.69, 9.17) is 0 Å². The normalized spacial score (nSPS) is 22.9. The number of urea groups is 1. The van der Waals surface area contributed by atoms with E-state index in [1.54, 1.807) is 0 Å². The molecule has 2 amide bonds. The average Bonchev–Trinajstić information content (AvgIpc) is 3.54. The van der Waals surface area contributed by atoms with Crippen LogP contribution in [0.5, 0.6) is 0 Å². The van der Waals surface area contributed by atoms with Crippen LogP contribution in [0.4, 0.5) is 4.79 Å². The van der Waals surface area contributed by atoms with Crippen molar-refractivity contribution in [2.45, 2.75) is 70.1 Å². The van der Waals surface area contributed by atoms with Crippen molar-refractivity contribution in [2.24, 2.45) is 0 Å². The summed E-state index contributed by atoms with van der Waals surface area (Å²) in [7, 11) is 0. The van der Waals surface area contributed by atoms with E-state index in [2.05, 4.69) is 51.6 Å². The van der Waals surface area contributed by atoms with Gasteiger partial charge in [-0.15, -0.1) is 0 Å². The molecule has 1 unspecified atom stereocenters. The number of carbonyl (C=O) groups excluding carboxylic acids is 1. The monoisotopic (exact) mass is 370 g/mol. The fraction of sp³-hybridized carbons (Fsp3) is 0.682. The van der Waals surface area contributed by atoms with E-state index < -0.39 is 0 Å². The molecule has 0 bridgehead atoms. The van der Waals surface area contributed by atoms with Gasteiger partial charge in [-0.1, -0.05) is 31.2 Å². The molecule has 1 aromatic carbocycles. The van der Waals surface area contributed by atoms with Crippen LogP contribution < -0.4 is 10.6 Å². The van der Waals surface area contributed by atoms with Crippen molar-refractivity contribution in [3.8, 4) is 0 Å². The van der Waals surface area contributed by atoms with E-state index in [0.717, 1.165) is 64.4 Å². The fourth-order valence-corrected chi connectivity index (χ4v) is 4.66. The molecule has 4 rings (SSSR count). The van der Waals surface area contributed by atoms with E-state index in [-0.39, 0.29) is 6.03 Å². The number of amides is 2. The zero-order valence-corrected chi connectivity index (χ0v) is 16.6. The second-order valence-corrected chi connectivity index (χ2v) is 8.45. The summed E-state index contributed by atoms with van der Waals surface area (Å²) >= 11 is 0. The van der Waals surface area contributed by atoms with Crippen molar-refractivity contribution in [1.82, 2.24) is 20.4 Å². The molecule has 3 aliphatic rings. The zero-order chi connectivity index (χ0) is 18.6. The lowest BCUT2D eigenvalue weighted by Crippen LogP contribution is -2.51. The first-order chi connectivity index (χ1) is 13.2. The van der Waals surface area contributed by atoms with Crippen LogP contribution in [0.3, 0.4) is 0 Å². The molecule has 1 atom stereocenters. The standard InChI is InChI=1S/C22H34N4O/c1-2-20(26-12-9-17-5-3-4-6-18(17)16-26)15-23-22(27)24-19-10-13-25(14-11-19)21-7-8-21/h3-6,19-21H,2,7-16H2,1H3,(H2,23,24,27). The Balaban J connectivity index is 1.21. The summed E-state index contributed by atoms with van der Waals surface area (Å²) in [5.74, 6) is 0. The summed E-state index contributed by atoms with van der Waals surface area (Å²) < 4.78 is 0. The van der Waals surface area contributed by atoms with E-state index in [0.29, 0.717) is 12.1 Å². The number of piperidine rings is 1. The minimum atomic E-state index is 0.00994. The number of hydrogen-bond acceptors (Lipinski definition) is 3. The predicted molar refractivity (Wildman–Crippen MR) is 109 cm³/mol. The Bertz CT molecular complexity index is 637. The summed E-state index contributed by atoms with van der Waals surface area (Å²) in [6, 6.07) is 10.3. The molecule has 0 aromatic heterocycles. The van der Waals surface area contributed by atoms with Gasteiger partial charge in [0, 0.05) is 50.8 Å². The van der Waals surface area contributed by atoms with Crippen molar-refractivity contribution in [1.29, 1.82) is 0 Å². The Hall–Kier alpha value is -1.59. The van der Waals surface area contributed by atoms with Crippen LogP contribution in [0.15, 0.2) is 24.3 Å². The lowest BCUT2D eigenvalue weighted by molar-refractivity contribution is 0.165. The highest BCUT2D eigenvalue weighted by molar-refractivity contribution is 5.74. The summed E-state index contributed by atoms with van der Waals surface area (Å²) in [4.78, 5) is 17.5. The lowest BCUT2D eigenvalue weighted by atomic mass is 9.98. The summed E-state index contributed by atoms with van der Waals surface area (Å²) in [6.07, 6.45) is 7.09. The third-order valence-corrected chi connectivity index (χ3v) is 6.57. The third kappa shape index (κ3) is 4.82. The zero-order valence-electron chi connectivity index (χ0n) is 16.6. The number of likely N-dealkylation sites (tertiary alicyclic amines) is 1. The molecule has 2 heterocycles. The molecule has 0 spiro atoms. The molecule has 0 radical (unpaired) electrons. The van der Waals surface area contributed by atoms with Gasteiger partial charge in [-0.25, -0.2) is 4.79 Å². The highest BCUT2D eigenvalue weighted by Gasteiger charge is 2.32. The minimum Gasteiger partial charge on any atom is -0.337 e. The maximum Gasteiger partial charge on any atom is 0.315 e. The minimum absolute atomic E-state index is 0.00994. The van der Waals surface area contributed by atoms with Crippen molar-refractivity contribution in [2.75, 3.05) is 26.2 Å². The molecule has 148 valence electrons. The summed E-state index contributed by atoms with van der Waals surface area (Å²) in [6.45, 7) is 7.31. The smallest absolute Gasteiger partial charge is 0.315 e. The molecule has 27 heavy (non-hydrogen) atoms. The van der Waals surface area contributed by atoms with Gasteiger partial charge in [0.1, 0.15) is 0 Å². The number of rotatable bonds is 6. The first kappa shape index (κ1) is 18.8. The van der Waals surface area contributed by atoms with Gasteiger partial charge in [0.2, 0.25) is 0 Å². The molecule has 2 fully saturated rings. The van der Waals surface area contributed by atoms with Crippen molar-refractivity contribution >= 4 is 6.03 Å². The van der Waals surface area contributed by atoms with Crippen LogP contribution in [0.1, 0.15) is 50.2 Å². The van der Waals surface area contributed by atoms with Crippen LogP contribution in [0, 0.1) is 0 Å². The quantitative estimate of drug-likeness (QED) is 0.809. The van der Waals surface area contributed by atoms with E-state index in [1.807, 2.05) is 0 Å². The number of nitrogens with one attached hydrogen (secondary N) is 2. The second-order valence-electron chi connectivity index (χ2n) is 8.45. The van der Waals surface area contributed by atoms with E-state index in [9.17, 15) is 4.79 Å². The van der Waals surface area contributed by atoms with Gasteiger partial charge >= 0.3 is 6.03 Å². The summed E-state index contributed by atoms with van der Waals surface area (Å²) in [5, 5.41) is 6.34. The molecule has 1 aromatic rings. The topological polar surface area (TPSA) is 47.6 Å². The molecule has 2 N–H and O–H groups in total. The average molecular weight is 371 g/mol. The fourth-order valence-electron chi connectivity index (χ4n) is 4.66. The van der Waals surface area contributed by atoms with Crippen LogP contribution >= 0.6 is 0 Å². The molecular weight excluding hydrogens is 336 g/mol. The van der Waals surface area contributed by atoms with Crippen molar-refractivity contribution < 1.29 is 4.79 Å². The van der Waals surface area contributed by atoms with E-state index >= 15 is 0 Å². The molecular formula is C22H34N4O. The van der Waals surface area contributed by atoms with Gasteiger partial charge in [0.15, 0.2) is 0 Å². The first-order valence-corrected chi connectivity index (χ1v) is 10.8. The van der Waals surface area contributed by atoms with Crippen molar-refractivity contribution in [3.63, 3.8) is 0 Å². The maximum absolute atomic E-state index is 12.4. The van der Waals surface area contributed by atoms with Gasteiger partial charge in [0.25, 0.3) is 0 Å². The highest BCUT2D eigenvalue weighted by Crippen LogP contribution is 2.29. The number of carbonyl (C=O) groups is 1. The SMILES string of the molecule is CCC(CNC(=O)NC1CCN(C2CC2)CC1)N1CCc2ccccc2C1. The number of nitrogens with zero attached hydrogens (tertiary/aromatic N) is 2. The van der Waals surface area contributed by atoms with E-state index in [1.165, 1.54) is 24.0 Å². The van der Waals surface area contributed by atoms with Gasteiger partial charge in [-0.05, 0) is 49.7 Å². The number of hydrogen-bond donors (Lipinski definition) is 2. The molecule has 2 aliphatic heterocycles. The molecule has 5 nitrogen and oxygen atoms in total. The Kier molecular flexibility index (Phi) is 5.98. The van der Waals surface area contributed by atoms with Gasteiger partial charge in [-0.2, -0.15) is 0 Å². The molecule has 1 aliphatic carbocycles. The van der Waals surface area contributed by atoms with Crippen LogP contribution in [-0.2, 0) is 13.0 Å². The Morgan fingerprint density at radius 3 is 2.56 bits per heavy atom. The van der Waals surface area contributed by atoms with Crippen LogP contribution in [0.25, 0.3) is 0 Å². The molecule has 1 saturated carbocycles. The first-order valence-electron chi connectivity index (χ1n) is 10.8. The highest BCUT2D eigenvalue weighted by atomic mass is 16.2. The van der Waals surface area contributed by atoms with Gasteiger partial charge in [-0.3, -0.25) is 4.90 Å². The van der Waals surface area contributed by atoms with Gasteiger partial charge < -0.3 is 15.5 Å². The van der Waals surface area contributed by atoms with Crippen LogP contribution in [0.2, 0.25) is 0 Å². The van der Waals surface area contributed by atoms with Crippen LogP contribution in [-0.4, -0.2) is 60.1 Å². The molecule has 5 heteroatoms. The lowest BCUT2D eigenvalue weighted by Gasteiger charge is -2.35. The maximum atomic E-state index is 12.4. The third-order valence-electron chi connectivity index (χ3n) is 6.57. The molecule has 1 saturated heterocycles. The number of benzene rings is 1. The van der Waals surface area contributed by atoms with Crippen molar-refractivity contribution in [3.05, 3.63) is 35.4 Å². The Labute approximate surface area is 163 Å². The Morgan fingerprint density at radius 1 is 1.11 bits per heavy atom. The Morgan fingerprint density at radius 2 is 1.85 bits per heavy atom. The second kappa shape index (κ2) is 8.61. The summed E-state index contributed by atoms with van der Waals surface area (Å²) in [5.41, 5.74) is 2.92. The van der Waals surface area contributed by atoms with Gasteiger partial charge in [0.05, 0.1) is 0 Å².